The van der Waals surface area contributed by atoms with Gasteiger partial charge in [0.25, 0.3) is 0 Å². The van der Waals surface area contributed by atoms with Gasteiger partial charge in [-0.05, 0) is 11.4 Å². The van der Waals surface area contributed by atoms with E-state index in [1.54, 1.807) is 29.4 Å². The smallest absolute Gasteiger partial charge is 0.225 e. The largest absolute Gasteiger partial charge is 0.357 e. The van der Waals surface area contributed by atoms with Crippen molar-refractivity contribution in [2.45, 2.75) is 0 Å². The van der Waals surface area contributed by atoms with Gasteiger partial charge in [0.05, 0.1) is 5.39 Å². The van der Waals surface area contributed by atoms with E-state index in [9.17, 15) is 0 Å². The topological polar surface area (TPSA) is 68.5 Å². The van der Waals surface area contributed by atoms with Crippen LogP contribution in [0.2, 0.25) is 0 Å². The third-order valence-electron chi connectivity index (χ3n) is 2.16. The summed E-state index contributed by atoms with van der Waals surface area (Å²) in [6.45, 7) is 0. The van der Waals surface area contributed by atoms with Crippen LogP contribution in [0.1, 0.15) is 0 Å². The molecule has 0 aliphatic rings. The average Bonchev–Trinajstić information content (AvgIpc) is 2.98. The summed E-state index contributed by atoms with van der Waals surface area (Å²) in [5.74, 6) is 1.33. The molecule has 0 unspecified atom stereocenters. The number of anilines is 1. The van der Waals surface area contributed by atoms with Crippen molar-refractivity contribution in [2.24, 2.45) is 0 Å². The minimum atomic E-state index is 0.584. The molecule has 6 nitrogen and oxygen atoms in total. The van der Waals surface area contributed by atoms with Crippen molar-refractivity contribution < 1.29 is 0 Å². The first kappa shape index (κ1) is 9.22. The number of thiophene rings is 1. The highest BCUT2D eigenvalue weighted by molar-refractivity contribution is 7.16. The van der Waals surface area contributed by atoms with Gasteiger partial charge in [0.2, 0.25) is 5.95 Å². The van der Waals surface area contributed by atoms with Crippen LogP contribution in [-0.4, -0.2) is 31.8 Å². The standard InChI is InChI=1S/C9H8N6S/c1-10-9-13-7(15-5-11-4-12-15)6-2-3-16-8(6)14-9/h2-5H,1H3,(H,10,13,14). The van der Waals surface area contributed by atoms with Crippen LogP contribution < -0.4 is 5.32 Å². The number of hydrogen-bond donors (Lipinski definition) is 1. The van der Waals surface area contributed by atoms with E-state index in [1.807, 2.05) is 11.4 Å². The zero-order chi connectivity index (χ0) is 11.0. The first-order valence-corrected chi connectivity index (χ1v) is 5.54. The Balaban J connectivity index is 2.33. The Morgan fingerprint density at radius 2 is 2.31 bits per heavy atom. The van der Waals surface area contributed by atoms with E-state index in [-0.39, 0.29) is 0 Å². The summed E-state index contributed by atoms with van der Waals surface area (Å²) in [7, 11) is 1.79. The summed E-state index contributed by atoms with van der Waals surface area (Å²) in [5.41, 5.74) is 0. The van der Waals surface area contributed by atoms with Crippen LogP contribution in [-0.2, 0) is 0 Å². The SMILES string of the molecule is CNc1nc(-n2cncn2)c2ccsc2n1. The molecule has 0 aromatic carbocycles. The second-order valence-electron chi connectivity index (χ2n) is 3.10. The van der Waals surface area contributed by atoms with Gasteiger partial charge >= 0.3 is 0 Å². The second kappa shape index (κ2) is 3.53. The molecule has 0 radical (unpaired) electrons. The van der Waals surface area contributed by atoms with Crippen molar-refractivity contribution >= 4 is 27.5 Å². The Hall–Kier alpha value is -2.02. The van der Waals surface area contributed by atoms with Crippen molar-refractivity contribution in [1.82, 2.24) is 24.7 Å². The lowest BCUT2D eigenvalue weighted by Gasteiger charge is -2.04. The van der Waals surface area contributed by atoms with Gasteiger partial charge in [-0.15, -0.1) is 11.3 Å². The molecule has 0 amide bonds. The van der Waals surface area contributed by atoms with Crippen molar-refractivity contribution in [3.63, 3.8) is 0 Å². The van der Waals surface area contributed by atoms with Crippen molar-refractivity contribution in [2.75, 3.05) is 12.4 Å². The summed E-state index contributed by atoms with van der Waals surface area (Å²) in [6.07, 6.45) is 3.11. The summed E-state index contributed by atoms with van der Waals surface area (Å²) in [4.78, 5) is 13.6. The fourth-order valence-electron chi connectivity index (χ4n) is 1.44. The first-order valence-electron chi connectivity index (χ1n) is 4.66. The van der Waals surface area contributed by atoms with E-state index >= 15 is 0 Å². The second-order valence-corrected chi connectivity index (χ2v) is 3.99. The zero-order valence-electron chi connectivity index (χ0n) is 8.45. The summed E-state index contributed by atoms with van der Waals surface area (Å²) >= 11 is 1.58. The van der Waals surface area contributed by atoms with Crippen molar-refractivity contribution in [3.8, 4) is 5.82 Å². The molecule has 0 spiro atoms. The minimum Gasteiger partial charge on any atom is -0.357 e. The molecule has 0 fully saturated rings. The Kier molecular flexibility index (Phi) is 2.03. The highest BCUT2D eigenvalue weighted by atomic mass is 32.1. The lowest BCUT2D eigenvalue weighted by atomic mass is 10.4. The van der Waals surface area contributed by atoms with Crippen molar-refractivity contribution in [3.05, 3.63) is 24.1 Å². The van der Waals surface area contributed by atoms with Gasteiger partial charge in [0, 0.05) is 7.05 Å². The molecular weight excluding hydrogens is 224 g/mol. The van der Waals surface area contributed by atoms with Gasteiger partial charge in [-0.3, -0.25) is 0 Å². The molecule has 80 valence electrons. The van der Waals surface area contributed by atoms with Crippen LogP contribution in [0.3, 0.4) is 0 Å². The van der Waals surface area contributed by atoms with Crippen molar-refractivity contribution in [1.29, 1.82) is 0 Å². The van der Waals surface area contributed by atoms with Gasteiger partial charge < -0.3 is 5.32 Å². The first-order chi connectivity index (χ1) is 7.88. The molecule has 7 heteroatoms. The minimum absolute atomic E-state index is 0.584. The third-order valence-corrected chi connectivity index (χ3v) is 2.97. The van der Waals surface area contributed by atoms with Gasteiger partial charge in [-0.25, -0.2) is 14.6 Å². The quantitative estimate of drug-likeness (QED) is 0.721. The van der Waals surface area contributed by atoms with E-state index in [4.69, 9.17) is 0 Å². The molecule has 0 bridgehead atoms. The lowest BCUT2D eigenvalue weighted by molar-refractivity contribution is 0.851. The van der Waals surface area contributed by atoms with Crippen LogP contribution in [0.15, 0.2) is 24.1 Å². The molecule has 0 saturated carbocycles. The molecule has 0 atom stereocenters. The fraction of sp³-hybridized carbons (Fsp3) is 0.111. The number of aromatic nitrogens is 5. The van der Waals surface area contributed by atoms with Crippen LogP contribution in [0.5, 0.6) is 0 Å². The maximum atomic E-state index is 4.38. The summed E-state index contributed by atoms with van der Waals surface area (Å²) in [6, 6.07) is 1.98. The van der Waals surface area contributed by atoms with E-state index in [2.05, 4.69) is 25.4 Å². The molecular formula is C9H8N6S. The Morgan fingerprint density at radius 3 is 3.06 bits per heavy atom. The lowest BCUT2D eigenvalue weighted by Crippen LogP contribution is -2.03. The number of fused-ring (bicyclic) bond motifs is 1. The molecule has 3 aromatic rings. The number of nitrogens with one attached hydrogen (secondary N) is 1. The zero-order valence-corrected chi connectivity index (χ0v) is 9.27. The molecule has 16 heavy (non-hydrogen) atoms. The number of rotatable bonds is 2. The highest BCUT2D eigenvalue weighted by Crippen LogP contribution is 2.24. The predicted octanol–water partition coefficient (Wildman–Crippen LogP) is 1.31. The molecule has 0 saturated heterocycles. The normalized spacial score (nSPS) is 10.8. The van der Waals surface area contributed by atoms with Crippen LogP contribution >= 0.6 is 11.3 Å². The number of hydrogen-bond acceptors (Lipinski definition) is 6. The van der Waals surface area contributed by atoms with Gasteiger partial charge in [0.1, 0.15) is 17.5 Å². The summed E-state index contributed by atoms with van der Waals surface area (Å²) in [5, 5.41) is 9.98. The van der Waals surface area contributed by atoms with Crippen LogP contribution in [0, 0.1) is 0 Å². The Labute approximate surface area is 95.0 Å². The Morgan fingerprint density at radius 1 is 1.38 bits per heavy atom. The van der Waals surface area contributed by atoms with Gasteiger partial charge in [-0.1, -0.05) is 0 Å². The molecule has 3 aromatic heterocycles. The van der Waals surface area contributed by atoms with E-state index in [1.165, 1.54) is 6.33 Å². The Bertz CT molecular complexity index is 614. The molecule has 1 N–H and O–H groups in total. The maximum absolute atomic E-state index is 4.38. The third kappa shape index (κ3) is 1.33. The summed E-state index contributed by atoms with van der Waals surface area (Å²) < 4.78 is 1.64. The highest BCUT2D eigenvalue weighted by Gasteiger charge is 2.10. The predicted molar refractivity (Wildman–Crippen MR) is 61.9 cm³/mol. The van der Waals surface area contributed by atoms with E-state index in [0.717, 1.165) is 16.0 Å². The molecule has 0 aliphatic carbocycles. The average molecular weight is 232 g/mol. The molecule has 3 rings (SSSR count). The van der Waals surface area contributed by atoms with Gasteiger partial charge in [-0.2, -0.15) is 10.1 Å². The van der Waals surface area contributed by atoms with Crippen LogP contribution in [0.25, 0.3) is 16.0 Å². The van der Waals surface area contributed by atoms with E-state index < -0.39 is 0 Å². The van der Waals surface area contributed by atoms with Crippen LogP contribution in [0.4, 0.5) is 5.95 Å². The van der Waals surface area contributed by atoms with Gasteiger partial charge in [0.15, 0.2) is 5.82 Å². The maximum Gasteiger partial charge on any atom is 0.225 e. The van der Waals surface area contributed by atoms with E-state index in [0.29, 0.717) is 5.95 Å². The molecule has 3 heterocycles. The monoisotopic (exact) mass is 232 g/mol. The molecule has 0 aliphatic heterocycles. The number of nitrogens with zero attached hydrogens (tertiary/aromatic N) is 5. The fourth-order valence-corrected chi connectivity index (χ4v) is 2.20.